The first-order chi connectivity index (χ1) is 14.6. The normalized spacial score (nSPS) is 37.3. The molecule has 0 bridgehead atoms. The Morgan fingerprint density at radius 2 is 1.83 bits per heavy atom. The second-order valence-electron chi connectivity index (χ2n) is 10.2. The van der Waals surface area contributed by atoms with E-state index in [2.05, 4.69) is 29.4 Å². The van der Waals surface area contributed by atoms with Crippen LogP contribution in [0, 0.1) is 17.3 Å². The van der Waals surface area contributed by atoms with Gasteiger partial charge in [-0.15, -0.1) is 0 Å². The van der Waals surface area contributed by atoms with E-state index in [1.807, 2.05) is 4.90 Å². The van der Waals surface area contributed by atoms with Gasteiger partial charge in [0.2, 0.25) is 5.91 Å². The Morgan fingerprint density at radius 3 is 2.50 bits per heavy atom. The van der Waals surface area contributed by atoms with Gasteiger partial charge in [-0.2, -0.15) is 0 Å². The highest BCUT2D eigenvalue weighted by atomic mass is 16.2. The van der Waals surface area contributed by atoms with Crippen LogP contribution in [0.25, 0.3) is 0 Å². The minimum atomic E-state index is -0.225. The van der Waals surface area contributed by atoms with Crippen molar-refractivity contribution in [3.05, 3.63) is 0 Å². The lowest BCUT2D eigenvalue weighted by Crippen LogP contribution is -2.71. The molecule has 0 aromatic carbocycles. The van der Waals surface area contributed by atoms with Crippen molar-refractivity contribution in [2.24, 2.45) is 17.3 Å². The van der Waals surface area contributed by atoms with Crippen LogP contribution in [0.2, 0.25) is 0 Å². The molecule has 4 fully saturated rings. The van der Waals surface area contributed by atoms with Crippen LogP contribution in [-0.4, -0.2) is 60.1 Å². The van der Waals surface area contributed by atoms with E-state index in [1.54, 1.807) is 0 Å². The molecule has 170 valence electrons. The summed E-state index contributed by atoms with van der Waals surface area (Å²) in [6, 6.07) is 0.352. The molecule has 0 spiro atoms. The van der Waals surface area contributed by atoms with E-state index in [9.17, 15) is 9.59 Å². The van der Waals surface area contributed by atoms with Crippen LogP contribution in [0.15, 0.2) is 0 Å². The molecule has 6 heteroatoms. The van der Waals surface area contributed by atoms with Gasteiger partial charge >= 0.3 is 6.03 Å². The van der Waals surface area contributed by atoms with Gasteiger partial charge in [-0.1, -0.05) is 52.4 Å². The quantitative estimate of drug-likeness (QED) is 0.662. The Morgan fingerprint density at radius 1 is 1.03 bits per heavy atom. The van der Waals surface area contributed by atoms with Gasteiger partial charge < -0.3 is 15.1 Å². The van der Waals surface area contributed by atoms with E-state index in [1.165, 1.54) is 44.9 Å². The van der Waals surface area contributed by atoms with Crippen LogP contribution in [0.5, 0.6) is 0 Å². The summed E-state index contributed by atoms with van der Waals surface area (Å²) >= 11 is 0. The number of carbonyl (C=O) groups is 2. The maximum Gasteiger partial charge on any atom is 0.317 e. The van der Waals surface area contributed by atoms with Gasteiger partial charge in [-0.05, 0) is 43.9 Å². The van der Waals surface area contributed by atoms with E-state index < -0.39 is 0 Å². The molecule has 6 nitrogen and oxygen atoms in total. The molecule has 3 unspecified atom stereocenters. The SMILES string of the molecule is CCCC12CCCCC1NC(C1CCC(CC)CC1)N(CCN1CCNC1=O)C2=O. The van der Waals surface area contributed by atoms with Crippen LogP contribution in [-0.2, 0) is 4.79 Å². The second-order valence-corrected chi connectivity index (χ2v) is 10.2. The van der Waals surface area contributed by atoms with Crippen LogP contribution in [0.4, 0.5) is 4.79 Å². The molecule has 30 heavy (non-hydrogen) atoms. The summed E-state index contributed by atoms with van der Waals surface area (Å²) in [7, 11) is 0. The molecule has 2 aliphatic heterocycles. The van der Waals surface area contributed by atoms with Gasteiger partial charge in [0.15, 0.2) is 0 Å². The third-order valence-corrected chi connectivity index (χ3v) is 8.59. The molecule has 3 amide bonds. The van der Waals surface area contributed by atoms with Gasteiger partial charge in [-0.25, -0.2) is 4.79 Å². The van der Waals surface area contributed by atoms with E-state index in [0.29, 0.717) is 31.0 Å². The van der Waals surface area contributed by atoms with Crippen LogP contribution >= 0.6 is 0 Å². The zero-order valence-corrected chi connectivity index (χ0v) is 19.1. The van der Waals surface area contributed by atoms with Crippen LogP contribution in [0.1, 0.15) is 84.5 Å². The summed E-state index contributed by atoms with van der Waals surface area (Å²) in [6.45, 7) is 7.30. The zero-order valence-electron chi connectivity index (χ0n) is 19.1. The number of amides is 3. The Kier molecular flexibility index (Phi) is 6.91. The molecule has 0 aromatic heterocycles. The Bertz CT molecular complexity index is 614. The van der Waals surface area contributed by atoms with Crippen molar-refractivity contribution in [2.45, 2.75) is 96.7 Å². The fraction of sp³-hybridized carbons (Fsp3) is 0.917. The highest BCUT2D eigenvalue weighted by molar-refractivity contribution is 5.85. The van der Waals surface area contributed by atoms with E-state index in [4.69, 9.17) is 0 Å². The van der Waals surface area contributed by atoms with Crippen LogP contribution < -0.4 is 10.6 Å². The van der Waals surface area contributed by atoms with Crippen molar-refractivity contribution < 1.29 is 9.59 Å². The molecule has 4 aliphatic rings. The largest absolute Gasteiger partial charge is 0.336 e. The van der Waals surface area contributed by atoms with Crippen molar-refractivity contribution in [1.82, 2.24) is 20.4 Å². The molecule has 2 N–H and O–H groups in total. The molecule has 2 aliphatic carbocycles. The highest BCUT2D eigenvalue weighted by Gasteiger charge is 2.54. The van der Waals surface area contributed by atoms with E-state index in [0.717, 1.165) is 44.7 Å². The number of fused-ring (bicyclic) bond motifs is 1. The minimum Gasteiger partial charge on any atom is -0.336 e. The predicted octanol–water partition coefficient (Wildman–Crippen LogP) is 3.72. The van der Waals surface area contributed by atoms with Crippen LogP contribution in [0.3, 0.4) is 0 Å². The molecule has 2 saturated carbocycles. The highest BCUT2D eigenvalue weighted by Crippen LogP contribution is 2.47. The first-order valence-electron chi connectivity index (χ1n) is 12.7. The minimum absolute atomic E-state index is 0.0197. The number of rotatable bonds is 7. The zero-order chi connectivity index (χ0) is 21.1. The van der Waals surface area contributed by atoms with Crippen molar-refractivity contribution in [2.75, 3.05) is 26.2 Å². The van der Waals surface area contributed by atoms with E-state index >= 15 is 0 Å². The fourth-order valence-corrected chi connectivity index (χ4v) is 6.80. The monoisotopic (exact) mass is 418 g/mol. The Balaban J connectivity index is 1.54. The molecular weight excluding hydrogens is 376 g/mol. The molecular formula is C24H42N4O2. The lowest BCUT2D eigenvalue weighted by Gasteiger charge is -2.56. The van der Waals surface area contributed by atoms with Gasteiger partial charge in [0.1, 0.15) is 0 Å². The maximum atomic E-state index is 14.1. The lowest BCUT2D eigenvalue weighted by atomic mass is 9.64. The molecule has 2 heterocycles. The topological polar surface area (TPSA) is 64.7 Å². The number of nitrogens with one attached hydrogen (secondary N) is 2. The number of urea groups is 1. The number of carbonyl (C=O) groups excluding carboxylic acids is 2. The van der Waals surface area contributed by atoms with Gasteiger partial charge in [-0.3, -0.25) is 10.1 Å². The maximum absolute atomic E-state index is 14.1. The molecule has 3 atom stereocenters. The van der Waals surface area contributed by atoms with Crippen molar-refractivity contribution >= 4 is 11.9 Å². The smallest absolute Gasteiger partial charge is 0.317 e. The van der Waals surface area contributed by atoms with Gasteiger partial charge in [0, 0.05) is 32.2 Å². The summed E-state index contributed by atoms with van der Waals surface area (Å²) in [5.74, 6) is 1.79. The first-order valence-corrected chi connectivity index (χ1v) is 12.7. The lowest BCUT2D eigenvalue weighted by molar-refractivity contribution is -0.162. The van der Waals surface area contributed by atoms with Crippen molar-refractivity contribution in [3.63, 3.8) is 0 Å². The predicted molar refractivity (Wildman–Crippen MR) is 119 cm³/mol. The van der Waals surface area contributed by atoms with Crippen molar-refractivity contribution in [1.29, 1.82) is 0 Å². The van der Waals surface area contributed by atoms with E-state index in [-0.39, 0.29) is 17.6 Å². The average molecular weight is 419 g/mol. The molecule has 0 aromatic rings. The number of hydrogen-bond acceptors (Lipinski definition) is 3. The molecule has 2 saturated heterocycles. The summed E-state index contributed by atoms with van der Waals surface area (Å²) in [5.41, 5.74) is -0.225. The summed E-state index contributed by atoms with van der Waals surface area (Å²) in [5, 5.41) is 6.93. The standard InChI is InChI=1S/C24H42N4O2/c1-3-12-24-13-6-5-7-20(24)26-21(19-10-8-18(4-2)9-11-19)28(22(24)29)17-16-27-15-14-25-23(27)30/h18-21,26H,3-17H2,1-2H3,(H,25,30). The Hall–Kier alpha value is -1.30. The van der Waals surface area contributed by atoms with Gasteiger partial charge in [0.05, 0.1) is 11.6 Å². The third-order valence-electron chi connectivity index (χ3n) is 8.59. The Labute approximate surface area is 182 Å². The van der Waals surface area contributed by atoms with Gasteiger partial charge in [0.25, 0.3) is 0 Å². The number of hydrogen-bond donors (Lipinski definition) is 2. The summed E-state index contributed by atoms with van der Waals surface area (Å²) in [4.78, 5) is 30.2. The average Bonchev–Trinajstić information content (AvgIpc) is 3.18. The summed E-state index contributed by atoms with van der Waals surface area (Å²) < 4.78 is 0. The molecule has 0 radical (unpaired) electrons. The molecule has 4 rings (SSSR count). The van der Waals surface area contributed by atoms with Crippen molar-refractivity contribution in [3.8, 4) is 0 Å². The second kappa shape index (κ2) is 9.46. The third kappa shape index (κ3) is 4.09. The fourth-order valence-electron chi connectivity index (χ4n) is 6.80. The number of nitrogens with zero attached hydrogens (tertiary/aromatic N) is 2. The summed E-state index contributed by atoms with van der Waals surface area (Å²) in [6.07, 6.45) is 13.0. The first kappa shape index (κ1) is 21.9.